The number of carbonyl (C=O) groups excluding carboxylic acids is 3. The largest absolute Gasteiger partial charge is 0.470 e. The van der Waals surface area contributed by atoms with Crippen LogP contribution in [0, 0.1) is 12.8 Å². The molecule has 0 unspecified atom stereocenters. The fourth-order valence-corrected chi connectivity index (χ4v) is 2.39. The Morgan fingerprint density at radius 3 is 2.62 bits per heavy atom. The first kappa shape index (κ1) is 22.2. The number of unbranched alkanes of at least 4 members (excludes halogenated alkanes) is 1. The molecule has 0 aromatic heterocycles. The van der Waals surface area contributed by atoms with Gasteiger partial charge in [0.05, 0.1) is 0 Å². The maximum atomic E-state index is 12.0. The highest BCUT2D eigenvalue weighted by molar-refractivity contribution is 5.91. The number of ether oxygens (including phenoxy) is 2. The van der Waals surface area contributed by atoms with Crippen LogP contribution in [0.15, 0.2) is 35.5 Å². The summed E-state index contributed by atoms with van der Waals surface area (Å²) in [5.41, 5.74) is 0.541. The molecule has 0 aliphatic carbocycles. The van der Waals surface area contributed by atoms with Crippen LogP contribution in [0.2, 0.25) is 0 Å². The minimum Gasteiger partial charge on any atom is -0.470 e. The highest BCUT2D eigenvalue weighted by Crippen LogP contribution is 2.16. The Morgan fingerprint density at radius 2 is 1.93 bits per heavy atom. The summed E-state index contributed by atoms with van der Waals surface area (Å²) in [5, 5.41) is 9.03. The van der Waals surface area contributed by atoms with Gasteiger partial charge in [-0.1, -0.05) is 31.5 Å². The second-order valence-electron chi connectivity index (χ2n) is 6.29. The van der Waals surface area contributed by atoms with Crippen molar-refractivity contribution in [1.29, 1.82) is 0 Å². The Hall–Kier alpha value is -3.10. The second kappa shape index (κ2) is 11.7. The van der Waals surface area contributed by atoms with Gasteiger partial charge < -0.3 is 14.8 Å². The van der Waals surface area contributed by atoms with E-state index >= 15 is 0 Å². The molecule has 156 valence electrons. The molecular weight excluding hydrogens is 378 g/mol. The molecule has 1 aromatic rings. The van der Waals surface area contributed by atoms with Crippen molar-refractivity contribution in [3.05, 3.63) is 43.2 Å². The van der Waals surface area contributed by atoms with Crippen LogP contribution >= 0.6 is 0 Å². The van der Waals surface area contributed by atoms with Gasteiger partial charge in [-0.2, -0.15) is 0 Å². The number of anilines is 1. The van der Waals surface area contributed by atoms with E-state index in [1.807, 2.05) is 13.0 Å². The minimum absolute atomic E-state index is 0.0160. The lowest BCUT2D eigenvalue weighted by atomic mass is 10.0. The quantitative estimate of drug-likeness (QED) is 0.392. The third kappa shape index (κ3) is 8.20. The predicted octanol–water partition coefficient (Wildman–Crippen LogP) is 2.59. The van der Waals surface area contributed by atoms with Crippen LogP contribution in [-0.2, 0) is 23.9 Å². The lowest BCUT2D eigenvalue weighted by molar-refractivity contribution is -0.143. The van der Waals surface area contributed by atoms with Crippen LogP contribution in [0.3, 0.4) is 0 Å². The van der Waals surface area contributed by atoms with Crippen LogP contribution in [-0.4, -0.2) is 42.6 Å². The molecule has 1 aliphatic rings. The van der Waals surface area contributed by atoms with Crippen molar-refractivity contribution >= 4 is 29.6 Å². The summed E-state index contributed by atoms with van der Waals surface area (Å²) >= 11 is 0. The molecule has 9 nitrogen and oxygen atoms in total. The average Bonchev–Trinajstić information content (AvgIpc) is 2.71. The van der Waals surface area contributed by atoms with Gasteiger partial charge in [-0.05, 0) is 23.7 Å². The summed E-state index contributed by atoms with van der Waals surface area (Å²) in [6, 6.07) is 8.03. The Balaban J connectivity index is 1.99. The van der Waals surface area contributed by atoms with E-state index in [-0.39, 0.29) is 18.4 Å². The number of hydrogen-bond donors (Lipinski definition) is 2. The van der Waals surface area contributed by atoms with Gasteiger partial charge in [-0.3, -0.25) is 19.7 Å². The molecule has 2 atom stereocenters. The SMILES string of the molecule is CCCCC(=O)N[C@@H]1[CH][CH][C@H](COC(C)=O)OC1=NOC(=O)Nc1ccccc1. The Kier molecular flexibility index (Phi) is 8.94. The molecule has 0 bridgehead atoms. The topological polar surface area (TPSA) is 115 Å². The van der Waals surface area contributed by atoms with Crippen molar-refractivity contribution < 1.29 is 28.7 Å². The number of nitrogens with one attached hydrogen (secondary N) is 2. The van der Waals surface area contributed by atoms with E-state index in [1.54, 1.807) is 37.1 Å². The molecule has 2 radical (unpaired) electrons. The van der Waals surface area contributed by atoms with Gasteiger partial charge in [-0.15, -0.1) is 0 Å². The summed E-state index contributed by atoms with van der Waals surface area (Å²) < 4.78 is 10.5. The van der Waals surface area contributed by atoms with Crippen molar-refractivity contribution in [2.24, 2.45) is 5.16 Å². The zero-order valence-corrected chi connectivity index (χ0v) is 16.4. The molecule has 1 aromatic carbocycles. The number of nitrogens with zero attached hydrogens (tertiary/aromatic N) is 1. The zero-order valence-electron chi connectivity index (χ0n) is 16.4. The molecule has 1 fully saturated rings. The molecule has 9 heteroatoms. The molecule has 29 heavy (non-hydrogen) atoms. The number of oxime groups is 1. The number of carbonyl (C=O) groups is 3. The Morgan fingerprint density at radius 1 is 1.17 bits per heavy atom. The van der Waals surface area contributed by atoms with Crippen LogP contribution < -0.4 is 10.6 Å². The average molecular weight is 403 g/mol. The summed E-state index contributed by atoms with van der Waals surface area (Å²) in [6.45, 7) is 3.25. The smallest absolute Gasteiger partial charge is 0.437 e. The molecular formula is C20H25N3O6. The van der Waals surface area contributed by atoms with Crippen LogP contribution in [0.25, 0.3) is 0 Å². The molecule has 1 aliphatic heterocycles. The lowest BCUT2D eigenvalue weighted by Gasteiger charge is -2.30. The van der Waals surface area contributed by atoms with Crippen molar-refractivity contribution in [1.82, 2.24) is 5.32 Å². The Bertz CT molecular complexity index is 722. The molecule has 2 rings (SSSR count). The first-order chi connectivity index (χ1) is 14.0. The first-order valence-electron chi connectivity index (χ1n) is 9.36. The maximum absolute atomic E-state index is 12.0. The van der Waals surface area contributed by atoms with Crippen LogP contribution in [0.4, 0.5) is 10.5 Å². The molecule has 2 N–H and O–H groups in total. The maximum Gasteiger partial charge on any atom is 0.437 e. The number of esters is 1. The number of amides is 2. The van der Waals surface area contributed by atoms with E-state index in [0.717, 1.165) is 12.8 Å². The standard InChI is InChI=1S/C20H25N3O6/c1-3-4-10-18(25)22-17-12-11-16(13-27-14(2)24)28-19(17)23-29-20(26)21-15-8-6-5-7-9-15/h5-9,11-12,16-17H,3-4,10,13H2,1-2H3,(H,21,26)(H,22,25)/t16-,17-/m1/s1. The van der Waals surface area contributed by atoms with Gasteiger partial charge in [0.2, 0.25) is 11.8 Å². The van der Waals surface area contributed by atoms with E-state index < -0.39 is 24.2 Å². The molecule has 0 saturated carbocycles. The van der Waals surface area contributed by atoms with Gasteiger partial charge in [0.1, 0.15) is 18.8 Å². The van der Waals surface area contributed by atoms with E-state index in [2.05, 4.69) is 15.8 Å². The number of hydrogen-bond acceptors (Lipinski definition) is 7. The fourth-order valence-electron chi connectivity index (χ4n) is 2.39. The van der Waals surface area contributed by atoms with E-state index in [4.69, 9.17) is 14.3 Å². The predicted molar refractivity (Wildman–Crippen MR) is 106 cm³/mol. The summed E-state index contributed by atoms with van der Waals surface area (Å²) in [4.78, 5) is 39.9. The van der Waals surface area contributed by atoms with E-state index in [1.165, 1.54) is 6.92 Å². The third-order valence-corrected chi connectivity index (χ3v) is 3.82. The summed E-state index contributed by atoms with van der Waals surface area (Å²) in [5.74, 6) is -0.642. The van der Waals surface area contributed by atoms with Crippen molar-refractivity contribution in [3.63, 3.8) is 0 Å². The molecule has 1 heterocycles. The third-order valence-electron chi connectivity index (χ3n) is 3.82. The Labute approximate surface area is 169 Å². The minimum atomic E-state index is -0.811. The summed E-state index contributed by atoms with van der Waals surface area (Å²) in [6.07, 6.45) is 3.88. The van der Waals surface area contributed by atoms with E-state index in [9.17, 15) is 14.4 Å². The van der Waals surface area contributed by atoms with Gasteiger partial charge in [-0.25, -0.2) is 4.79 Å². The summed E-state index contributed by atoms with van der Waals surface area (Å²) in [7, 11) is 0. The molecule has 0 spiro atoms. The van der Waals surface area contributed by atoms with Crippen LogP contribution in [0.1, 0.15) is 33.1 Å². The first-order valence-corrected chi connectivity index (χ1v) is 9.36. The van der Waals surface area contributed by atoms with E-state index in [0.29, 0.717) is 12.1 Å². The number of para-hydroxylation sites is 1. The van der Waals surface area contributed by atoms with Gasteiger partial charge in [0.15, 0.2) is 0 Å². The molecule has 2 amide bonds. The van der Waals surface area contributed by atoms with Crippen molar-refractivity contribution in [2.45, 2.75) is 45.3 Å². The monoisotopic (exact) mass is 403 g/mol. The molecule has 1 saturated heterocycles. The lowest BCUT2D eigenvalue weighted by Crippen LogP contribution is -2.48. The highest BCUT2D eigenvalue weighted by Gasteiger charge is 2.31. The van der Waals surface area contributed by atoms with Gasteiger partial charge in [0.25, 0.3) is 0 Å². The number of benzene rings is 1. The van der Waals surface area contributed by atoms with Crippen molar-refractivity contribution in [2.75, 3.05) is 11.9 Å². The van der Waals surface area contributed by atoms with Crippen molar-refractivity contribution in [3.8, 4) is 0 Å². The number of rotatable bonds is 8. The second-order valence-corrected chi connectivity index (χ2v) is 6.29. The van der Waals surface area contributed by atoms with Gasteiger partial charge >= 0.3 is 12.1 Å². The zero-order chi connectivity index (χ0) is 21.1. The normalized spacial score (nSPS) is 19.7. The highest BCUT2D eigenvalue weighted by atomic mass is 16.7. The van der Waals surface area contributed by atoms with Crippen LogP contribution in [0.5, 0.6) is 0 Å². The fraction of sp³-hybridized carbons (Fsp3) is 0.400. The van der Waals surface area contributed by atoms with Gasteiger partial charge in [0, 0.05) is 31.9 Å².